The first-order valence-electron chi connectivity index (χ1n) is 10.2. The molecule has 0 spiro atoms. The van der Waals surface area contributed by atoms with Gasteiger partial charge in [-0.2, -0.15) is 8.78 Å². The van der Waals surface area contributed by atoms with Gasteiger partial charge in [-0.25, -0.2) is 4.98 Å². The molecule has 3 aromatic heterocycles. The number of halogens is 2. The van der Waals surface area contributed by atoms with Gasteiger partial charge < -0.3 is 19.8 Å². The second-order valence-electron chi connectivity index (χ2n) is 7.02. The number of ether oxygens (including phenoxy) is 1. The summed E-state index contributed by atoms with van der Waals surface area (Å²) in [5.41, 5.74) is 1.61. The number of rotatable bonds is 9. The molecule has 1 amide bonds. The van der Waals surface area contributed by atoms with Crippen LogP contribution in [-0.4, -0.2) is 17.5 Å². The summed E-state index contributed by atoms with van der Waals surface area (Å²) < 4.78 is 34.8. The Labute approximate surface area is 193 Å². The Morgan fingerprint density at radius 3 is 2.61 bits per heavy atom. The van der Waals surface area contributed by atoms with Gasteiger partial charge in [-0.15, -0.1) is 11.3 Å². The van der Waals surface area contributed by atoms with E-state index < -0.39 is 12.7 Å². The van der Waals surface area contributed by atoms with Crippen molar-refractivity contribution in [2.75, 3.05) is 10.6 Å². The number of carbonyl (C=O) groups excluding carboxylic acids is 1. The Balaban J connectivity index is 1.72. The van der Waals surface area contributed by atoms with E-state index in [4.69, 9.17) is 4.42 Å². The Hall–Kier alpha value is -3.72. The van der Waals surface area contributed by atoms with Crippen LogP contribution in [0.25, 0.3) is 0 Å². The largest absolute Gasteiger partial charge is 0.459 e. The number of benzene rings is 1. The molecule has 1 aromatic carbocycles. The molecule has 33 heavy (non-hydrogen) atoms. The number of aromatic nitrogens is 1. The summed E-state index contributed by atoms with van der Waals surface area (Å²) in [6.45, 7) is -0.864. The Morgan fingerprint density at radius 1 is 1.15 bits per heavy atom. The van der Waals surface area contributed by atoms with Crippen molar-refractivity contribution in [3.8, 4) is 5.75 Å². The molecule has 2 N–H and O–H groups in total. The van der Waals surface area contributed by atoms with Crippen LogP contribution < -0.4 is 15.4 Å². The van der Waals surface area contributed by atoms with E-state index >= 15 is 0 Å². The number of thiophene rings is 1. The average molecular weight is 470 g/mol. The lowest BCUT2D eigenvalue weighted by Crippen LogP contribution is -2.17. The lowest BCUT2D eigenvalue weighted by Gasteiger charge is -2.21. The number of carbonyl (C=O) groups is 1. The zero-order valence-corrected chi connectivity index (χ0v) is 18.4. The van der Waals surface area contributed by atoms with E-state index in [-0.39, 0.29) is 17.4 Å². The monoisotopic (exact) mass is 469 g/mol. The normalized spacial score (nSPS) is 11.9. The van der Waals surface area contributed by atoms with Crippen LogP contribution in [-0.2, 0) is 6.42 Å². The van der Waals surface area contributed by atoms with Gasteiger partial charge in [0.25, 0.3) is 5.91 Å². The van der Waals surface area contributed by atoms with E-state index in [2.05, 4.69) is 20.4 Å². The van der Waals surface area contributed by atoms with Crippen LogP contribution in [0.2, 0.25) is 0 Å². The second kappa shape index (κ2) is 10.3. The van der Waals surface area contributed by atoms with Crippen molar-refractivity contribution in [3.05, 3.63) is 94.9 Å². The van der Waals surface area contributed by atoms with Crippen molar-refractivity contribution in [2.24, 2.45) is 0 Å². The van der Waals surface area contributed by atoms with Gasteiger partial charge in [0, 0.05) is 16.6 Å². The van der Waals surface area contributed by atoms with Gasteiger partial charge in [0.1, 0.15) is 16.6 Å². The van der Waals surface area contributed by atoms with Crippen molar-refractivity contribution < 1.29 is 22.7 Å². The van der Waals surface area contributed by atoms with Crippen LogP contribution in [0.5, 0.6) is 5.75 Å². The van der Waals surface area contributed by atoms with Gasteiger partial charge in [0.05, 0.1) is 12.3 Å². The van der Waals surface area contributed by atoms with E-state index in [0.717, 1.165) is 22.4 Å². The smallest absolute Gasteiger partial charge is 0.387 e. The van der Waals surface area contributed by atoms with Crippen molar-refractivity contribution in [1.29, 1.82) is 0 Å². The minimum absolute atomic E-state index is 0.0660. The van der Waals surface area contributed by atoms with E-state index in [0.29, 0.717) is 10.8 Å². The Bertz CT molecular complexity index is 1180. The number of furan rings is 1. The first-order chi connectivity index (χ1) is 16.0. The van der Waals surface area contributed by atoms with Crippen LogP contribution in [0.3, 0.4) is 0 Å². The van der Waals surface area contributed by atoms with Crippen LogP contribution >= 0.6 is 11.3 Å². The molecule has 0 saturated heterocycles. The molecule has 1 atom stereocenters. The highest BCUT2D eigenvalue weighted by Crippen LogP contribution is 2.38. The van der Waals surface area contributed by atoms with Crippen LogP contribution in [0.15, 0.2) is 77.5 Å². The minimum Gasteiger partial charge on any atom is -0.459 e. The fourth-order valence-electron chi connectivity index (χ4n) is 3.30. The zero-order valence-electron chi connectivity index (χ0n) is 17.6. The average Bonchev–Trinajstić information content (AvgIpc) is 3.49. The third-order valence-electron chi connectivity index (χ3n) is 4.84. The number of pyridine rings is 1. The summed E-state index contributed by atoms with van der Waals surface area (Å²) in [5, 5.41) is 6.99. The molecule has 0 bridgehead atoms. The quantitative estimate of drug-likeness (QED) is 0.299. The zero-order chi connectivity index (χ0) is 23.2. The van der Waals surface area contributed by atoms with E-state index in [1.165, 1.54) is 29.7 Å². The number of nitrogens with zero attached hydrogens (tertiary/aromatic N) is 1. The summed E-state index contributed by atoms with van der Waals surface area (Å²) in [6, 6.07) is 16.7. The summed E-state index contributed by atoms with van der Waals surface area (Å²) in [7, 11) is 0. The summed E-state index contributed by atoms with van der Waals surface area (Å²) in [5.74, 6) is 0.539. The maximum absolute atomic E-state index is 12.7. The fourth-order valence-corrected chi connectivity index (χ4v) is 4.33. The highest BCUT2D eigenvalue weighted by molar-refractivity contribution is 7.16. The molecule has 0 unspecified atom stereocenters. The standard InChI is InChI=1S/C24H21F2N3O3S/c1-2-17-14-18(23(33-17)29-22(30)19-6-5-13-31-19)21(28-20-7-3-4-12-27-20)15-8-10-16(11-9-15)32-24(25)26/h3-14,21,24H,2H2,1H3,(H,27,28)(H,29,30)/t21-/m1/s1. The molecule has 0 fully saturated rings. The summed E-state index contributed by atoms with van der Waals surface area (Å²) in [6.07, 6.45) is 3.89. The lowest BCUT2D eigenvalue weighted by atomic mass is 9.99. The maximum atomic E-state index is 12.7. The molecule has 6 nitrogen and oxygen atoms in total. The van der Waals surface area contributed by atoms with Crippen LogP contribution in [0, 0.1) is 0 Å². The summed E-state index contributed by atoms with van der Waals surface area (Å²) >= 11 is 1.47. The van der Waals surface area contributed by atoms with E-state index in [1.54, 1.807) is 30.5 Å². The van der Waals surface area contributed by atoms with Crippen molar-refractivity contribution in [2.45, 2.75) is 26.0 Å². The highest BCUT2D eigenvalue weighted by Gasteiger charge is 2.23. The first kappa shape index (κ1) is 22.5. The Morgan fingerprint density at radius 2 is 1.97 bits per heavy atom. The number of amides is 1. The molecule has 0 aliphatic carbocycles. The molecule has 0 aliphatic rings. The molecular formula is C24H21F2N3O3S. The molecule has 170 valence electrons. The van der Waals surface area contributed by atoms with E-state index in [1.807, 2.05) is 31.2 Å². The van der Waals surface area contributed by atoms with Gasteiger partial charge in [0.2, 0.25) is 0 Å². The second-order valence-corrected chi connectivity index (χ2v) is 8.16. The number of anilines is 2. The number of nitrogens with one attached hydrogen (secondary N) is 2. The van der Waals surface area contributed by atoms with Crippen molar-refractivity contribution in [3.63, 3.8) is 0 Å². The Kier molecular flexibility index (Phi) is 6.99. The molecule has 4 rings (SSSR count). The van der Waals surface area contributed by atoms with Gasteiger partial charge in [-0.3, -0.25) is 4.79 Å². The van der Waals surface area contributed by atoms with Gasteiger partial charge in [-0.1, -0.05) is 25.1 Å². The van der Waals surface area contributed by atoms with Gasteiger partial charge >= 0.3 is 6.61 Å². The predicted molar refractivity (Wildman–Crippen MR) is 123 cm³/mol. The summed E-state index contributed by atoms with van der Waals surface area (Å²) in [4.78, 5) is 18.1. The predicted octanol–water partition coefficient (Wildman–Crippen LogP) is 6.35. The molecular weight excluding hydrogens is 448 g/mol. The third-order valence-corrected chi connectivity index (χ3v) is 6.05. The third kappa shape index (κ3) is 5.56. The fraction of sp³-hybridized carbons (Fsp3) is 0.167. The first-order valence-corrected chi connectivity index (χ1v) is 11.0. The van der Waals surface area contributed by atoms with Crippen LogP contribution in [0.1, 0.15) is 39.5 Å². The molecule has 4 aromatic rings. The number of aryl methyl sites for hydroxylation is 1. The van der Waals surface area contributed by atoms with Crippen molar-refractivity contribution >= 4 is 28.1 Å². The molecule has 0 radical (unpaired) electrons. The molecule has 9 heteroatoms. The molecule has 0 aliphatic heterocycles. The van der Waals surface area contributed by atoms with Crippen molar-refractivity contribution in [1.82, 2.24) is 4.98 Å². The number of hydrogen-bond acceptors (Lipinski definition) is 6. The number of hydrogen-bond donors (Lipinski definition) is 2. The highest BCUT2D eigenvalue weighted by atomic mass is 32.1. The minimum atomic E-state index is -2.90. The van der Waals surface area contributed by atoms with Gasteiger partial charge in [0.15, 0.2) is 5.76 Å². The molecule has 0 saturated carbocycles. The van der Waals surface area contributed by atoms with E-state index in [9.17, 15) is 13.6 Å². The molecule has 3 heterocycles. The maximum Gasteiger partial charge on any atom is 0.387 e. The van der Waals surface area contributed by atoms with Crippen LogP contribution in [0.4, 0.5) is 19.6 Å². The number of alkyl halides is 2. The topological polar surface area (TPSA) is 76.4 Å². The SMILES string of the molecule is CCc1cc([C@H](Nc2ccccn2)c2ccc(OC(F)F)cc2)c(NC(=O)c2ccco2)s1. The van der Waals surface area contributed by atoms with Gasteiger partial charge in [-0.05, 0) is 54.4 Å². The lowest BCUT2D eigenvalue weighted by molar-refractivity contribution is -0.0498.